The maximum absolute atomic E-state index is 5.46. The molecule has 0 aliphatic heterocycles. The van der Waals surface area contributed by atoms with Gasteiger partial charge in [0.1, 0.15) is 0 Å². The monoisotopic (exact) mass is 662 g/mol. The van der Waals surface area contributed by atoms with Gasteiger partial charge in [-0.2, -0.15) is 0 Å². The van der Waals surface area contributed by atoms with Gasteiger partial charge in [0.25, 0.3) is 0 Å². The highest BCUT2D eigenvalue weighted by molar-refractivity contribution is 6.28. The molecule has 3 heterocycles. The topological polar surface area (TPSA) is 35.6 Å². The molecule has 0 N–H and O–H groups in total. The van der Waals surface area contributed by atoms with Crippen molar-refractivity contribution in [2.24, 2.45) is 0 Å². The zero-order valence-corrected chi connectivity index (χ0v) is 28.1. The fourth-order valence-corrected chi connectivity index (χ4v) is 8.17. The third-order valence-electron chi connectivity index (χ3n) is 10.5. The van der Waals surface area contributed by atoms with Gasteiger partial charge in [0.15, 0.2) is 0 Å². The van der Waals surface area contributed by atoms with Crippen molar-refractivity contribution in [3.8, 4) is 34.0 Å². The van der Waals surface area contributed by atoms with E-state index in [0.29, 0.717) is 5.95 Å². The molecule has 0 spiro atoms. The second-order valence-corrected chi connectivity index (χ2v) is 13.4. The Morgan fingerprint density at radius 1 is 0.346 bits per heavy atom. The molecule has 52 heavy (non-hydrogen) atoms. The van der Waals surface area contributed by atoms with Crippen molar-refractivity contribution in [2.45, 2.75) is 0 Å². The number of hydrogen-bond donors (Lipinski definition) is 0. The Hall–Kier alpha value is -7.04. The lowest BCUT2D eigenvalue weighted by atomic mass is 9.99. The first-order chi connectivity index (χ1) is 25.8. The highest BCUT2D eigenvalue weighted by Gasteiger charge is 2.22. The van der Waals surface area contributed by atoms with Crippen LogP contribution in [0.15, 0.2) is 182 Å². The Morgan fingerprint density at radius 2 is 0.942 bits per heavy atom. The minimum absolute atomic E-state index is 0.651. The molecule has 4 nitrogen and oxygen atoms in total. The van der Waals surface area contributed by atoms with E-state index in [-0.39, 0.29) is 0 Å². The predicted molar refractivity (Wildman–Crippen MR) is 217 cm³/mol. The van der Waals surface area contributed by atoms with Crippen LogP contribution in [-0.4, -0.2) is 19.1 Å². The molecule has 8 aromatic carbocycles. The third-order valence-corrected chi connectivity index (χ3v) is 10.5. The predicted octanol–water partition coefficient (Wildman–Crippen LogP) is 12.3. The Morgan fingerprint density at radius 3 is 1.69 bits per heavy atom. The molecular weight excluding hydrogens is 633 g/mol. The van der Waals surface area contributed by atoms with Crippen LogP contribution in [-0.2, 0) is 0 Å². The van der Waals surface area contributed by atoms with Gasteiger partial charge in [0, 0.05) is 38.2 Å². The van der Waals surface area contributed by atoms with E-state index in [1.807, 2.05) is 0 Å². The normalized spacial score (nSPS) is 11.8. The van der Waals surface area contributed by atoms with E-state index < -0.39 is 0 Å². The van der Waals surface area contributed by atoms with Gasteiger partial charge in [0.05, 0.1) is 33.3 Å². The maximum Gasteiger partial charge on any atom is 0.235 e. The van der Waals surface area contributed by atoms with Crippen molar-refractivity contribution < 1.29 is 0 Å². The summed E-state index contributed by atoms with van der Waals surface area (Å²) >= 11 is 0. The summed E-state index contributed by atoms with van der Waals surface area (Å²) in [6.07, 6.45) is 0. The van der Waals surface area contributed by atoms with E-state index in [1.54, 1.807) is 0 Å². The number of rotatable bonds is 4. The van der Waals surface area contributed by atoms with Gasteiger partial charge in [-0.25, -0.2) is 9.97 Å². The Balaban J connectivity index is 1.25. The summed E-state index contributed by atoms with van der Waals surface area (Å²) in [4.78, 5) is 10.9. The van der Waals surface area contributed by atoms with Gasteiger partial charge in [-0.05, 0) is 76.5 Å². The molecular formula is C48H30N4. The minimum Gasteiger partial charge on any atom is -0.309 e. The second kappa shape index (κ2) is 11.2. The van der Waals surface area contributed by atoms with Crippen LogP contribution in [0.2, 0.25) is 0 Å². The Bertz CT molecular complexity index is 3170. The van der Waals surface area contributed by atoms with Crippen LogP contribution in [0.3, 0.4) is 0 Å². The number of fused-ring (bicyclic) bond motifs is 9. The van der Waals surface area contributed by atoms with Crippen LogP contribution >= 0.6 is 0 Å². The zero-order valence-electron chi connectivity index (χ0n) is 28.1. The number of hydrogen-bond acceptors (Lipinski definition) is 2. The van der Waals surface area contributed by atoms with Crippen LogP contribution < -0.4 is 0 Å². The lowest BCUT2D eigenvalue weighted by Gasteiger charge is -2.13. The first-order valence-corrected chi connectivity index (χ1v) is 17.7. The Kier molecular flexibility index (Phi) is 6.22. The molecule has 0 saturated heterocycles. The van der Waals surface area contributed by atoms with Crippen molar-refractivity contribution in [1.29, 1.82) is 0 Å². The molecule has 4 heteroatoms. The van der Waals surface area contributed by atoms with Crippen LogP contribution in [0, 0.1) is 0 Å². The molecule has 0 aliphatic carbocycles. The average molecular weight is 663 g/mol. The van der Waals surface area contributed by atoms with E-state index >= 15 is 0 Å². The molecule has 0 bridgehead atoms. The second-order valence-electron chi connectivity index (χ2n) is 13.4. The lowest BCUT2D eigenvalue weighted by Crippen LogP contribution is -2.03. The van der Waals surface area contributed by atoms with Crippen molar-refractivity contribution in [3.05, 3.63) is 182 Å². The smallest absolute Gasteiger partial charge is 0.235 e. The molecule has 0 radical (unpaired) electrons. The van der Waals surface area contributed by atoms with Gasteiger partial charge in [-0.1, -0.05) is 127 Å². The molecule has 0 unspecified atom stereocenters. The molecule has 11 rings (SSSR count). The number of nitrogens with zero attached hydrogens (tertiary/aromatic N) is 4. The van der Waals surface area contributed by atoms with E-state index in [4.69, 9.17) is 9.97 Å². The molecule has 242 valence electrons. The first-order valence-electron chi connectivity index (χ1n) is 17.7. The van der Waals surface area contributed by atoms with Crippen LogP contribution in [0.1, 0.15) is 0 Å². The number of para-hydroxylation sites is 3. The fourth-order valence-electron chi connectivity index (χ4n) is 8.17. The summed E-state index contributed by atoms with van der Waals surface area (Å²) in [6.45, 7) is 0. The molecule has 11 aromatic rings. The largest absolute Gasteiger partial charge is 0.309 e. The fraction of sp³-hybridized carbons (Fsp3) is 0. The van der Waals surface area contributed by atoms with Crippen molar-refractivity contribution in [3.63, 3.8) is 0 Å². The highest BCUT2D eigenvalue weighted by atomic mass is 15.2. The maximum atomic E-state index is 5.46. The van der Waals surface area contributed by atoms with Crippen LogP contribution in [0.5, 0.6) is 0 Å². The van der Waals surface area contributed by atoms with E-state index in [2.05, 4.69) is 191 Å². The van der Waals surface area contributed by atoms with Gasteiger partial charge < -0.3 is 4.57 Å². The number of benzene rings is 8. The zero-order chi connectivity index (χ0) is 34.2. The van der Waals surface area contributed by atoms with E-state index in [0.717, 1.165) is 50.0 Å². The van der Waals surface area contributed by atoms with Crippen molar-refractivity contribution in [1.82, 2.24) is 19.1 Å². The highest BCUT2D eigenvalue weighted by Crippen LogP contribution is 2.42. The van der Waals surface area contributed by atoms with E-state index in [1.165, 1.54) is 43.4 Å². The van der Waals surface area contributed by atoms with Gasteiger partial charge in [0.2, 0.25) is 5.95 Å². The molecule has 0 saturated carbocycles. The summed E-state index contributed by atoms with van der Waals surface area (Å²) in [5.41, 5.74) is 10.8. The summed E-state index contributed by atoms with van der Waals surface area (Å²) < 4.78 is 4.64. The molecule has 0 atom stereocenters. The summed E-state index contributed by atoms with van der Waals surface area (Å²) in [5, 5.41) is 8.24. The van der Waals surface area contributed by atoms with Gasteiger partial charge >= 0.3 is 0 Å². The summed E-state index contributed by atoms with van der Waals surface area (Å²) in [7, 11) is 0. The lowest BCUT2D eigenvalue weighted by molar-refractivity contribution is 1.01. The quantitative estimate of drug-likeness (QED) is 0.188. The molecule has 0 fully saturated rings. The molecule has 0 amide bonds. The van der Waals surface area contributed by atoms with Crippen LogP contribution in [0.4, 0.5) is 0 Å². The summed E-state index contributed by atoms with van der Waals surface area (Å²) in [6, 6.07) is 64.8. The van der Waals surface area contributed by atoms with Gasteiger partial charge in [-0.3, -0.25) is 4.57 Å². The number of aromatic nitrogens is 4. The van der Waals surface area contributed by atoms with Gasteiger partial charge in [-0.15, -0.1) is 0 Å². The summed E-state index contributed by atoms with van der Waals surface area (Å²) in [5.74, 6) is 0.651. The standard InChI is InChI=1S/C48H30N4/c1-3-13-31(14-4-1)34-25-26-37-40(30-34)49-48(50-47(37)35-24-23-32-15-7-8-16-33(32)29-35)52-42-22-12-10-20-39(42)46-44(52)28-27-43-45(46)38-19-9-11-21-41(38)51(43)36-17-5-2-6-18-36/h1-30H. The molecule has 3 aromatic heterocycles. The molecule has 0 aliphatic rings. The third kappa shape index (κ3) is 4.28. The SMILES string of the molecule is c1ccc(-c2ccc3c(-c4ccc5ccccc5c4)nc(-n4c5ccccc5c5c6c7ccccc7n(-c7ccccc7)c6ccc54)nc3c2)cc1. The van der Waals surface area contributed by atoms with Crippen molar-refractivity contribution >= 4 is 65.3 Å². The Labute approximate surface area is 299 Å². The van der Waals surface area contributed by atoms with Crippen molar-refractivity contribution in [2.75, 3.05) is 0 Å². The average Bonchev–Trinajstić information content (AvgIpc) is 3.73. The first kappa shape index (κ1) is 28.8. The van der Waals surface area contributed by atoms with Crippen LogP contribution in [0.25, 0.3) is 99.3 Å². The minimum atomic E-state index is 0.651. The van der Waals surface area contributed by atoms with E-state index in [9.17, 15) is 0 Å².